The number of hydrogen-bond donors (Lipinski definition) is 1. The molecule has 1 fully saturated rings. The van der Waals surface area contributed by atoms with Gasteiger partial charge >= 0.3 is 5.97 Å². The molecule has 1 saturated carbocycles. The molecule has 0 aliphatic heterocycles. The average molecular weight is 380 g/mol. The second kappa shape index (κ2) is 8.36. The number of ether oxygens (including phenoxy) is 2. The largest absolute Gasteiger partial charge is 0.482 e. The molecule has 0 aromatic heterocycles. The highest BCUT2D eigenvalue weighted by molar-refractivity contribution is 5.71. The van der Waals surface area contributed by atoms with Crippen molar-refractivity contribution in [1.29, 1.82) is 0 Å². The van der Waals surface area contributed by atoms with Crippen molar-refractivity contribution in [3.63, 3.8) is 0 Å². The SMILES string of the molecule is CC[C@H]1C2Cc3cccc(OCC(=O)OCc4ccccc4)c3CC2C[C@@H]1O. The Morgan fingerprint density at radius 3 is 2.71 bits per heavy atom. The fraction of sp³-hybridized carbons (Fsp3) is 0.458. The molecule has 1 N–H and O–H groups in total. The summed E-state index contributed by atoms with van der Waals surface area (Å²) in [5.74, 6) is 1.87. The molecule has 2 aromatic carbocycles. The van der Waals surface area contributed by atoms with Gasteiger partial charge in [0.2, 0.25) is 0 Å². The van der Waals surface area contributed by atoms with Crippen LogP contribution in [0, 0.1) is 17.8 Å². The molecule has 148 valence electrons. The minimum atomic E-state index is -0.363. The topological polar surface area (TPSA) is 55.8 Å². The Bertz CT molecular complexity index is 817. The van der Waals surface area contributed by atoms with Gasteiger partial charge in [0.1, 0.15) is 12.4 Å². The molecule has 0 bridgehead atoms. The minimum Gasteiger partial charge on any atom is -0.482 e. The molecular weight excluding hydrogens is 352 g/mol. The normalized spacial score (nSPS) is 25.6. The molecule has 2 aromatic rings. The van der Waals surface area contributed by atoms with E-state index in [-0.39, 0.29) is 25.3 Å². The van der Waals surface area contributed by atoms with Gasteiger partial charge in [-0.2, -0.15) is 0 Å². The molecule has 2 aliphatic rings. The summed E-state index contributed by atoms with van der Waals surface area (Å²) in [6.45, 7) is 2.35. The Morgan fingerprint density at radius 1 is 1.11 bits per heavy atom. The molecule has 4 rings (SSSR count). The Balaban J connectivity index is 1.38. The highest BCUT2D eigenvalue weighted by Crippen LogP contribution is 2.47. The van der Waals surface area contributed by atoms with Crippen LogP contribution in [0.15, 0.2) is 48.5 Å². The van der Waals surface area contributed by atoms with E-state index in [9.17, 15) is 9.90 Å². The number of carbonyl (C=O) groups is 1. The van der Waals surface area contributed by atoms with E-state index in [1.165, 1.54) is 11.1 Å². The first-order valence-electron chi connectivity index (χ1n) is 10.3. The predicted octanol–water partition coefficient (Wildman–Crippen LogP) is 3.93. The molecular formula is C24H28O4. The fourth-order valence-corrected chi connectivity index (χ4v) is 5.02. The Morgan fingerprint density at radius 2 is 1.93 bits per heavy atom. The predicted molar refractivity (Wildman–Crippen MR) is 107 cm³/mol. The molecule has 2 unspecified atom stereocenters. The van der Waals surface area contributed by atoms with Crippen molar-refractivity contribution in [3.8, 4) is 5.75 Å². The molecule has 2 aliphatic carbocycles. The maximum absolute atomic E-state index is 12.1. The average Bonchev–Trinajstić information content (AvgIpc) is 3.03. The summed E-state index contributed by atoms with van der Waals surface area (Å²) in [4.78, 5) is 12.1. The molecule has 0 amide bonds. The zero-order chi connectivity index (χ0) is 19.5. The number of aliphatic hydroxyl groups excluding tert-OH is 1. The summed E-state index contributed by atoms with van der Waals surface area (Å²) < 4.78 is 11.2. The first-order valence-corrected chi connectivity index (χ1v) is 10.3. The Hall–Kier alpha value is -2.33. The van der Waals surface area contributed by atoms with Gasteiger partial charge in [-0.1, -0.05) is 55.8 Å². The van der Waals surface area contributed by atoms with Crippen LogP contribution in [0.3, 0.4) is 0 Å². The van der Waals surface area contributed by atoms with E-state index in [4.69, 9.17) is 9.47 Å². The zero-order valence-electron chi connectivity index (χ0n) is 16.3. The number of fused-ring (bicyclic) bond motifs is 2. The summed E-state index contributed by atoms with van der Waals surface area (Å²) in [5, 5.41) is 10.4. The van der Waals surface area contributed by atoms with Crippen molar-refractivity contribution < 1.29 is 19.4 Å². The van der Waals surface area contributed by atoms with Gasteiger partial charge in [-0.15, -0.1) is 0 Å². The van der Waals surface area contributed by atoms with Crippen LogP contribution < -0.4 is 4.74 Å². The highest BCUT2D eigenvalue weighted by Gasteiger charge is 2.44. The summed E-state index contributed by atoms with van der Waals surface area (Å²) in [6.07, 6.45) is 3.62. The maximum atomic E-state index is 12.1. The maximum Gasteiger partial charge on any atom is 0.344 e. The van der Waals surface area contributed by atoms with Crippen molar-refractivity contribution in [2.45, 2.75) is 45.3 Å². The molecule has 0 heterocycles. The first-order chi connectivity index (χ1) is 13.7. The van der Waals surface area contributed by atoms with Gasteiger partial charge < -0.3 is 14.6 Å². The van der Waals surface area contributed by atoms with E-state index in [1.54, 1.807) is 0 Å². The number of rotatable bonds is 6. The number of benzene rings is 2. The molecule has 4 atom stereocenters. The lowest BCUT2D eigenvalue weighted by atomic mass is 9.74. The van der Waals surface area contributed by atoms with Crippen LogP contribution in [0.5, 0.6) is 5.75 Å². The van der Waals surface area contributed by atoms with E-state index in [0.717, 1.165) is 37.0 Å². The van der Waals surface area contributed by atoms with Crippen LogP contribution in [0.2, 0.25) is 0 Å². The molecule has 4 nitrogen and oxygen atoms in total. The number of aliphatic hydroxyl groups is 1. The lowest BCUT2D eigenvalue weighted by Gasteiger charge is -2.31. The van der Waals surface area contributed by atoms with Gasteiger partial charge in [-0.05, 0) is 59.8 Å². The smallest absolute Gasteiger partial charge is 0.344 e. The monoisotopic (exact) mass is 380 g/mol. The summed E-state index contributed by atoms with van der Waals surface area (Å²) >= 11 is 0. The van der Waals surface area contributed by atoms with Gasteiger partial charge in [0.25, 0.3) is 0 Å². The van der Waals surface area contributed by atoms with Crippen molar-refractivity contribution in [2.24, 2.45) is 17.8 Å². The van der Waals surface area contributed by atoms with E-state index in [1.807, 2.05) is 42.5 Å². The van der Waals surface area contributed by atoms with Gasteiger partial charge in [0.05, 0.1) is 6.10 Å². The minimum absolute atomic E-state index is 0.0857. The molecule has 0 radical (unpaired) electrons. The van der Waals surface area contributed by atoms with Crippen LogP contribution in [-0.2, 0) is 29.0 Å². The van der Waals surface area contributed by atoms with Crippen molar-refractivity contribution in [1.82, 2.24) is 0 Å². The van der Waals surface area contributed by atoms with Gasteiger partial charge in [-0.3, -0.25) is 0 Å². The summed E-state index contributed by atoms with van der Waals surface area (Å²) in [7, 11) is 0. The van der Waals surface area contributed by atoms with Crippen molar-refractivity contribution >= 4 is 5.97 Å². The van der Waals surface area contributed by atoms with E-state index >= 15 is 0 Å². The van der Waals surface area contributed by atoms with Gasteiger partial charge in [-0.25, -0.2) is 4.79 Å². The lowest BCUT2D eigenvalue weighted by molar-refractivity contribution is -0.147. The molecule has 4 heteroatoms. The lowest BCUT2D eigenvalue weighted by Crippen LogP contribution is -2.27. The summed E-state index contributed by atoms with van der Waals surface area (Å²) in [6, 6.07) is 15.7. The highest BCUT2D eigenvalue weighted by atomic mass is 16.6. The van der Waals surface area contributed by atoms with Crippen LogP contribution >= 0.6 is 0 Å². The first kappa shape index (κ1) is 19.0. The molecule has 0 saturated heterocycles. The van der Waals surface area contributed by atoms with E-state index in [0.29, 0.717) is 17.8 Å². The third-order valence-corrected chi connectivity index (χ3v) is 6.41. The molecule has 0 spiro atoms. The van der Waals surface area contributed by atoms with E-state index in [2.05, 4.69) is 13.0 Å². The third-order valence-electron chi connectivity index (χ3n) is 6.41. The standard InChI is InChI=1S/C24H28O4/c1-2-19-20-11-17-9-6-10-23(21(17)12-18(20)13-22(19)25)27-15-24(26)28-14-16-7-4-3-5-8-16/h3-10,18-20,22,25H,2,11-15H2,1H3/t18?,19-,20?,22-/m0/s1. The Labute approximate surface area is 166 Å². The Kier molecular flexibility index (Phi) is 5.67. The fourth-order valence-electron chi connectivity index (χ4n) is 5.02. The quantitative estimate of drug-likeness (QED) is 0.772. The second-order valence-corrected chi connectivity index (χ2v) is 8.04. The van der Waals surface area contributed by atoms with E-state index < -0.39 is 0 Å². The van der Waals surface area contributed by atoms with Crippen LogP contribution in [0.1, 0.15) is 36.5 Å². The third kappa shape index (κ3) is 3.93. The van der Waals surface area contributed by atoms with Crippen LogP contribution in [0.25, 0.3) is 0 Å². The van der Waals surface area contributed by atoms with Crippen LogP contribution in [-0.4, -0.2) is 23.8 Å². The van der Waals surface area contributed by atoms with Crippen molar-refractivity contribution in [2.75, 3.05) is 6.61 Å². The van der Waals surface area contributed by atoms with Gasteiger partial charge in [0, 0.05) is 0 Å². The summed E-state index contributed by atoms with van der Waals surface area (Å²) in [5.41, 5.74) is 3.46. The van der Waals surface area contributed by atoms with Crippen molar-refractivity contribution in [3.05, 3.63) is 65.2 Å². The van der Waals surface area contributed by atoms with Gasteiger partial charge in [0.15, 0.2) is 6.61 Å². The second-order valence-electron chi connectivity index (χ2n) is 8.04. The molecule has 28 heavy (non-hydrogen) atoms. The number of carbonyl (C=O) groups excluding carboxylic acids is 1. The number of esters is 1. The number of hydrogen-bond acceptors (Lipinski definition) is 4. The van der Waals surface area contributed by atoms with Crippen LogP contribution in [0.4, 0.5) is 0 Å². The zero-order valence-corrected chi connectivity index (χ0v) is 16.3.